The average Bonchev–Trinajstić information content (AvgIpc) is 2.49. The molecule has 1 atom stereocenters. The zero-order chi connectivity index (χ0) is 16.4. The summed E-state index contributed by atoms with van der Waals surface area (Å²) < 4.78 is 27.2. The lowest BCUT2D eigenvalue weighted by molar-refractivity contribution is 0.0627. The summed E-state index contributed by atoms with van der Waals surface area (Å²) in [6.45, 7) is 5.30. The van der Waals surface area contributed by atoms with Gasteiger partial charge in [-0.15, -0.1) is 0 Å². The minimum Gasteiger partial charge on any atom is -0.384 e. The third-order valence-electron chi connectivity index (χ3n) is 3.79. The highest BCUT2D eigenvalue weighted by molar-refractivity contribution is 7.89. The quantitative estimate of drug-likeness (QED) is 0.890. The topological polar surface area (TPSA) is 66.4 Å². The Kier molecular flexibility index (Phi) is 4.70. The van der Waals surface area contributed by atoms with E-state index in [4.69, 9.17) is 0 Å². The SMILES string of the molecule is Cc1ccc(S(=O)(=O)NC[C@](C)(O)c2ccccc2)cc1C. The van der Waals surface area contributed by atoms with Crippen molar-refractivity contribution >= 4 is 10.0 Å². The standard InChI is InChI=1S/C17H21NO3S/c1-13-9-10-16(11-14(13)2)22(20,21)18-12-17(3,19)15-7-5-4-6-8-15/h4-11,18-19H,12H2,1-3H3/t17-/m0/s1. The Morgan fingerprint density at radius 3 is 2.27 bits per heavy atom. The Morgan fingerprint density at radius 1 is 1.05 bits per heavy atom. The maximum atomic E-state index is 12.4. The van der Waals surface area contributed by atoms with Gasteiger partial charge in [0.2, 0.25) is 10.0 Å². The van der Waals surface area contributed by atoms with Crippen LogP contribution in [0.1, 0.15) is 23.6 Å². The summed E-state index contributed by atoms with van der Waals surface area (Å²) in [6.07, 6.45) is 0. The van der Waals surface area contributed by atoms with Crippen molar-refractivity contribution in [2.24, 2.45) is 0 Å². The van der Waals surface area contributed by atoms with Gasteiger partial charge in [0, 0.05) is 6.54 Å². The van der Waals surface area contributed by atoms with Crippen molar-refractivity contribution in [1.29, 1.82) is 0 Å². The predicted molar refractivity (Wildman–Crippen MR) is 87.1 cm³/mol. The molecule has 2 rings (SSSR count). The molecule has 22 heavy (non-hydrogen) atoms. The number of nitrogens with one attached hydrogen (secondary N) is 1. The second-order valence-electron chi connectivity index (χ2n) is 5.71. The number of sulfonamides is 1. The van der Waals surface area contributed by atoms with Gasteiger partial charge in [0.25, 0.3) is 0 Å². The molecule has 2 aromatic carbocycles. The summed E-state index contributed by atoms with van der Waals surface area (Å²) in [4.78, 5) is 0.208. The van der Waals surface area contributed by atoms with Crippen molar-refractivity contribution in [2.45, 2.75) is 31.3 Å². The molecule has 5 heteroatoms. The van der Waals surface area contributed by atoms with Crippen LogP contribution in [0.5, 0.6) is 0 Å². The van der Waals surface area contributed by atoms with Crippen LogP contribution in [-0.2, 0) is 15.6 Å². The summed E-state index contributed by atoms with van der Waals surface area (Å²) in [5.74, 6) is 0. The van der Waals surface area contributed by atoms with Gasteiger partial charge in [0.1, 0.15) is 5.60 Å². The number of benzene rings is 2. The highest BCUT2D eigenvalue weighted by atomic mass is 32.2. The summed E-state index contributed by atoms with van der Waals surface area (Å²) in [5.41, 5.74) is 1.35. The number of rotatable bonds is 5. The smallest absolute Gasteiger partial charge is 0.240 e. The molecule has 2 N–H and O–H groups in total. The van der Waals surface area contributed by atoms with E-state index in [1.807, 2.05) is 32.0 Å². The zero-order valence-corrected chi connectivity index (χ0v) is 13.8. The molecule has 0 aliphatic carbocycles. The first-order valence-electron chi connectivity index (χ1n) is 7.07. The first kappa shape index (κ1) is 16.7. The van der Waals surface area contributed by atoms with Crippen molar-refractivity contribution in [3.63, 3.8) is 0 Å². The maximum absolute atomic E-state index is 12.4. The van der Waals surface area contributed by atoms with Crippen LogP contribution in [0, 0.1) is 13.8 Å². The largest absolute Gasteiger partial charge is 0.384 e. The summed E-state index contributed by atoms with van der Waals surface area (Å²) >= 11 is 0. The molecule has 0 heterocycles. The molecular formula is C17H21NO3S. The first-order valence-corrected chi connectivity index (χ1v) is 8.55. The third-order valence-corrected chi connectivity index (χ3v) is 5.19. The Balaban J connectivity index is 2.17. The van der Waals surface area contributed by atoms with Crippen molar-refractivity contribution in [3.8, 4) is 0 Å². The second-order valence-corrected chi connectivity index (χ2v) is 7.48. The number of aryl methyl sites for hydroxylation is 2. The van der Waals surface area contributed by atoms with Crippen LogP contribution >= 0.6 is 0 Å². The molecule has 2 aromatic rings. The molecule has 0 saturated heterocycles. The van der Waals surface area contributed by atoms with Gasteiger partial charge in [-0.05, 0) is 49.6 Å². The fraction of sp³-hybridized carbons (Fsp3) is 0.294. The molecular weight excluding hydrogens is 298 g/mol. The lowest BCUT2D eigenvalue weighted by Gasteiger charge is -2.24. The van der Waals surface area contributed by atoms with Crippen molar-refractivity contribution < 1.29 is 13.5 Å². The maximum Gasteiger partial charge on any atom is 0.240 e. The van der Waals surface area contributed by atoms with Gasteiger partial charge in [0.05, 0.1) is 4.90 Å². The third kappa shape index (κ3) is 3.74. The van der Waals surface area contributed by atoms with E-state index < -0.39 is 15.6 Å². The molecule has 0 amide bonds. The highest BCUT2D eigenvalue weighted by Gasteiger charge is 2.26. The van der Waals surface area contributed by atoms with Gasteiger partial charge in [0.15, 0.2) is 0 Å². The molecule has 0 aliphatic rings. The van der Waals surface area contributed by atoms with Gasteiger partial charge in [-0.1, -0.05) is 36.4 Å². The number of aliphatic hydroxyl groups is 1. The van der Waals surface area contributed by atoms with Crippen molar-refractivity contribution in [2.75, 3.05) is 6.54 Å². The summed E-state index contributed by atoms with van der Waals surface area (Å²) in [5, 5.41) is 10.5. The molecule has 0 aliphatic heterocycles. The molecule has 4 nitrogen and oxygen atoms in total. The number of hydrogen-bond donors (Lipinski definition) is 2. The molecule has 0 bridgehead atoms. The molecule has 0 fully saturated rings. The van der Waals surface area contributed by atoms with E-state index in [0.29, 0.717) is 5.56 Å². The van der Waals surface area contributed by atoms with E-state index in [9.17, 15) is 13.5 Å². The fourth-order valence-corrected chi connectivity index (χ4v) is 3.32. The van der Waals surface area contributed by atoms with Crippen LogP contribution in [0.2, 0.25) is 0 Å². The van der Waals surface area contributed by atoms with E-state index in [0.717, 1.165) is 11.1 Å². The molecule has 118 valence electrons. The monoisotopic (exact) mass is 319 g/mol. The van der Waals surface area contributed by atoms with E-state index in [1.165, 1.54) is 0 Å². The minimum atomic E-state index is -3.65. The normalized spacial score (nSPS) is 14.5. The van der Waals surface area contributed by atoms with E-state index in [1.54, 1.807) is 37.3 Å². The van der Waals surface area contributed by atoms with Crippen LogP contribution in [0.4, 0.5) is 0 Å². The Labute approximate surface area is 131 Å². The second kappa shape index (κ2) is 6.20. The van der Waals surface area contributed by atoms with E-state index in [-0.39, 0.29) is 11.4 Å². The van der Waals surface area contributed by atoms with E-state index >= 15 is 0 Å². The Morgan fingerprint density at radius 2 is 1.68 bits per heavy atom. The van der Waals surface area contributed by atoms with Crippen LogP contribution in [0.3, 0.4) is 0 Å². The van der Waals surface area contributed by atoms with Crippen molar-refractivity contribution in [3.05, 3.63) is 65.2 Å². The van der Waals surface area contributed by atoms with Gasteiger partial charge in [-0.2, -0.15) is 0 Å². The molecule has 0 aromatic heterocycles. The zero-order valence-electron chi connectivity index (χ0n) is 13.0. The summed E-state index contributed by atoms with van der Waals surface area (Å²) in [6, 6.07) is 14.0. The first-order chi connectivity index (χ1) is 10.2. The lowest BCUT2D eigenvalue weighted by atomic mass is 9.97. The van der Waals surface area contributed by atoms with Crippen molar-refractivity contribution in [1.82, 2.24) is 4.72 Å². The van der Waals surface area contributed by atoms with E-state index in [2.05, 4.69) is 4.72 Å². The van der Waals surface area contributed by atoms with Gasteiger partial charge >= 0.3 is 0 Å². The fourth-order valence-electron chi connectivity index (χ4n) is 2.10. The Hall–Kier alpha value is -1.69. The number of hydrogen-bond acceptors (Lipinski definition) is 3. The Bertz CT molecular complexity index is 753. The van der Waals surface area contributed by atoms with Gasteiger partial charge < -0.3 is 5.11 Å². The summed E-state index contributed by atoms with van der Waals surface area (Å²) in [7, 11) is -3.65. The van der Waals surface area contributed by atoms with Crippen LogP contribution in [0.15, 0.2) is 53.4 Å². The molecule has 0 unspecified atom stereocenters. The predicted octanol–water partition coefficient (Wildman–Crippen LogP) is 2.49. The molecule has 0 spiro atoms. The average molecular weight is 319 g/mol. The van der Waals surface area contributed by atoms with Gasteiger partial charge in [-0.3, -0.25) is 0 Å². The van der Waals surface area contributed by atoms with Crippen LogP contribution in [0.25, 0.3) is 0 Å². The molecule has 0 radical (unpaired) electrons. The lowest BCUT2D eigenvalue weighted by Crippen LogP contribution is -2.38. The highest BCUT2D eigenvalue weighted by Crippen LogP contribution is 2.20. The minimum absolute atomic E-state index is 0.0910. The van der Waals surface area contributed by atoms with Crippen LogP contribution < -0.4 is 4.72 Å². The van der Waals surface area contributed by atoms with Gasteiger partial charge in [-0.25, -0.2) is 13.1 Å². The van der Waals surface area contributed by atoms with Crippen LogP contribution in [-0.4, -0.2) is 20.1 Å². The molecule has 0 saturated carbocycles.